The van der Waals surface area contributed by atoms with E-state index in [1.54, 1.807) is 0 Å². The van der Waals surface area contributed by atoms with Crippen LogP contribution in [0, 0.1) is 0 Å². The van der Waals surface area contributed by atoms with E-state index >= 15 is 0 Å². The SMILES string of the molecule is C1CCCCC1.S.c1ccccc1. The molecule has 13 heavy (non-hydrogen) atoms. The molecule has 0 amide bonds. The van der Waals surface area contributed by atoms with Gasteiger partial charge in [0.1, 0.15) is 0 Å². The molecule has 0 atom stereocenters. The normalized spacial score (nSPS) is 14.8. The predicted octanol–water partition coefficient (Wildman–Crippen LogP) is 4.14. The quantitative estimate of drug-likeness (QED) is 0.585. The fourth-order valence-corrected chi connectivity index (χ4v) is 1.45. The lowest BCUT2D eigenvalue weighted by atomic mass is 10.0. The van der Waals surface area contributed by atoms with E-state index < -0.39 is 0 Å². The summed E-state index contributed by atoms with van der Waals surface area (Å²) in [6, 6.07) is 12.0. The first kappa shape index (κ1) is 12.6. The van der Waals surface area contributed by atoms with Crippen LogP contribution >= 0.6 is 13.5 Å². The average molecular weight is 196 g/mol. The molecular formula is C12H20S. The summed E-state index contributed by atoms with van der Waals surface area (Å²) in [6.45, 7) is 0. The molecule has 1 aliphatic rings. The van der Waals surface area contributed by atoms with Crippen molar-refractivity contribution in [3.63, 3.8) is 0 Å². The summed E-state index contributed by atoms with van der Waals surface area (Å²) in [4.78, 5) is 0. The third kappa shape index (κ3) is 7.92. The first-order valence-electron chi connectivity index (χ1n) is 5.00. The summed E-state index contributed by atoms with van der Waals surface area (Å²) in [6.07, 6.45) is 9.00. The van der Waals surface area contributed by atoms with Crippen LogP contribution in [0.1, 0.15) is 38.5 Å². The zero-order valence-corrected chi connectivity index (χ0v) is 9.21. The van der Waals surface area contributed by atoms with E-state index in [0.717, 1.165) is 0 Å². The van der Waals surface area contributed by atoms with Crippen LogP contribution in [-0.2, 0) is 0 Å². The van der Waals surface area contributed by atoms with Crippen LogP contribution < -0.4 is 0 Å². The first-order chi connectivity index (χ1) is 6.00. The van der Waals surface area contributed by atoms with Crippen molar-refractivity contribution in [3.8, 4) is 0 Å². The van der Waals surface area contributed by atoms with Crippen LogP contribution in [0.3, 0.4) is 0 Å². The van der Waals surface area contributed by atoms with Crippen molar-refractivity contribution >= 4 is 13.5 Å². The van der Waals surface area contributed by atoms with E-state index in [4.69, 9.17) is 0 Å². The molecule has 0 saturated heterocycles. The van der Waals surface area contributed by atoms with E-state index in [-0.39, 0.29) is 13.5 Å². The topological polar surface area (TPSA) is 0 Å². The van der Waals surface area contributed by atoms with Gasteiger partial charge in [-0.15, -0.1) is 0 Å². The van der Waals surface area contributed by atoms with Crippen LogP contribution in [0.2, 0.25) is 0 Å². The van der Waals surface area contributed by atoms with Gasteiger partial charge in [-0.2, -0.15) is 13.5 Å². The Morgan fingerprint density at radius 1 is 0.385 bits per heavy atom. The maximum absolute atomic E-state index is 2.00. The van der Waals surface area contributed by atoms with Crippen molar-refractivity contribution < 1.29 is 0 Å². The Morgan fingerprint density at radius 3 is 0.692 bits per heavy atom. The van der Waals surface area contributed by atoms with Gasteiger partial charge in [-0.25, -0.2) is 0 Å². The molecule has 74 valence electrons. The van der Waals surface area contributed by atoms with Crippen LogP contribution in [-0.4, -0.2) is 0 Å². The lowest BCUT2D eigenvalue weighted by Crippen LogP contribution is -1.85. The molecule has 1 saturated carbocycles. The zero-order chi connectivity index (χ0) is 8.49. The molecule has 0 nitrogen and oxygen atoms in total. The Labute approximate surface area is 88.8 Å². The van der Waals surface area contributed by atoms with Crippen molar-refractivity contribution in [2.24, 2.45) is 0 Å². The van der Waals surface area contributed by atoms with Crippen molar-refractivity contribution in [2.75, 3.05) is 0 Å². The number of rotatable bonds is 0. The summed E-state index contributed by atoms with van der Waals surface area (Å²) < 4.78 is 0. The monoisotopic (exact) mass is 196 g/mol. The summed E-state index contributed by atoms with van der Waals surface area (Å²) in [5.41, 5.74) is 0. The minimum atomic E-state index is 0. The van der Waals surface area contributed by atoms with Gasteiger partial charge < -0.3 is 0 Å². The second-order valence-corrected chi connectivity index (χ2v) is 3.28. The number of benzene rings is 1. The molecule has 1 aliphatic carbocycles. The van der Waals surface area contributed by atoms with Crippen molar-refractivity contribution in [1.29, 1.82) is 0 Å². The third-order valence-electron chi connectivity index (χ3n) is 2.17. The Balaban J connectivity index is 0.000000206. The molecule has 0 heterocycles. The summed E-state index contributed by atoms with van der Waals surface area (Å²) >= 11 is 0. The van der Waals surface area contributed by atoms with Gasteiger partial charge in [0.2, 0.25) is 0 Å². The molecule has 2 rings (SSSR count). The highest BCUT2D eigenvalue weighted by atomic mass is 32.1. The van der Waals surface area contributed by atoms with Gasteiger partial charge in [-0.3, -0.25) is 0 Å². The first-order valence-corrected chi connectivity index (χ1v) is 5.00. The lowest BCUT2D eigenvalue weighted by Gasteiger charge is -2.05. The Hall–Kier alpha value is -0.430. The molecule has 1 heteroatoms. The van der Waals surface area contributed by atoms with Crippen LogP contribution in [0.5, 0.6) is 0 Å². The van der Waals surface area contributed by atoms with Crippen molar-refractivity contribution in [2.45, 2.75) is 38.5 Å². The van der Waals surface area contributed by atoms with Gasteiger partial charge in [0.25, 0.3) is 0 Å². The highest BCUT2D eigenvalue weighted by Crippen LogP contribution is 2.15. The molecule has 1 aromatic rings. The Kier molecular flexibility index (Phi) is 9.34. The third-order valence-corrected chi connectivity index (χ3v) is 2.17. The van der Waals surface area contributed by atoms with Crippen LogP contribution in [0.15, 0.2) is 36.4 Å². The van der Waals surface area contributed by atoms with Gasteiger partial charge in [-0.1, -0.05) is 74.9 Å². The van der Waals surface area contributed by atoms with Crippen molar-refractivity contribution in [3.05, 3.63) is 36.4 Å². The van der Waals surface area contributed by atoms with E-state index in [1.807, 2.05) is 36.4 Å². The highest BCUT2D eigenvalue weighted by molar-refractivity contribution is 7.59. The average Bonchev–Trinajstić information content (AvgIpc) is 2.24. The molecule has 1 fully saturated rings. The summed E-state index contributed by atoms with van der Waals surface area (Å²) in [7, 11) is 0. The molecule has 0 N–H and O–H groups in total. The minimum absolute atomic E-state index is 0. The highest BCUT2D eigenvalue weighted by Gasteiger charge is 1.95. The fourth-order valence-electron chi connectivity index (χ4n) is 1.45. The molecule has 0 bridgehead atoms. The molecular weight excluding hydrogens is 176 g/mol. The number of hydrogen-bond acceptors (Lipinski definition) is 0. The van der Waals surface area contributed by atoms with E-state index in [0.29, 0.717) is 0 Å². The van der Waals surface area contributed by atoms with Gasteiger partial charge in [0.15, 0.2) is 0 Å². The summed E-state index contributed by atoms with van der Waals surface area (Å²) in [5.74, 6) is 0. The second kappa shape index (κ2) is 9.66. The zero-order valence-electron chi connectivity index (χ0n) is 8.21. The maximum atomic E-state index is 2.00. The van der Waals surface area contributed by atoms with Crippen LogP contribution in [0.25, 0.3) is 0 Å². The van der Waals surface area contributed by atoms with Gasteiger partial charge >= 0.3 is 0 Å². The molecule has 0 radical (unpaired) electrons. The smallest absolute Gasteiger partial charge is 0.0533 e. The Bertz CT molecular complexity index is 130. The summed E-state index contributed by atoms with van der Waals surface area (Å²) in [5, 5.41) is 0. The largest absolute Gasteiger partial charge is 0.197 e. The van der Waals surface area contributed by atoms with E-state index in [1.165, 1.54) is 38.5 Å². The standard InChI is InChI=1S/C6H12.C6H6.H2S/c2*1-2-4-6-5-3-1;/h1-6H2;1-6H;1H2. The maximum Gasteiger partial charge on any atom is -0.0533 e. The molecule has 0 aliphatic heterocycles. The molecule has 0 spiro atoms. The molecule has 0 unspecified atom stereocenters. The van der Waals surface area contributed by atoms with Gasteiger partial charge in [0, 0.05) is 0 Å². The van der Waals surface area contributed by atoms with Crippen LogP contribution in [0.4, 0.5) is 0 Å². The predicted molar refractivity (Wildman–Crippen MR) is 64.5 cm³/mol. The second-order valence-electron chi connectivity index (χ2n) is 3.28. The van der Waals surface area contributed by atoms with Gasteiger partial charge in [0.05, 0.1) is 0 Å². The Morgan fingerprint density at radius 2 is 0.538 bits per heavy atom. The lowest BCUT2D eigenvalue weighted by molar-refractivity contribution is 0.504. The molecule has 0 aromatic heterocycles. The minimum Gasteiger partial charge on any atom is -0.197 e. The van der Waals surface area contributed by atoms with Crippen molar-refractivity contribution in [1.82, 2.24) is 0 Å². The number of hydrogen-bond donors (Lipinski definition) is 0. The fraction of sp³-hybridized carbons (Fsp3) is 0.500. The molecule has 1 aromatic carbocycles. The van der Waals surface area contributed by atoms with Gasteiger partial charge in [-0.05, 0) is 0 Å². The van der Waals surface area contributed by atoms with E-state index in [2.05, 4.69) is 0 Å². The van der Waals surface area contributed by atoms with E-state index in [9.17, 15) is 0 Å².